The SMILES string of the molecule is O=C(C(=O)c1ccccc1C#CC1CC1)c1ccc(OC(F)F)c(C2CC2)c1. The van der Waals surface area contributed by atoms with Crippen LogP contribution < -0.4 is 4.74 Å². The summed E-state index contributed by atoms with van der Waals surface area (Å²) in [5, 5.41) is 0. The van der Waals surface area contributed by atoms with Crippen LogP contribution in [0.1, 0.15) is 63.4 Å². The van der Waals surface area contributed by atoms with E-state index in [1.54, 1.807) is 24.3 Å². The molecule has 4 rings (SSSR count). The molecule has 2 aromatic carbocycles. The first kappa shape index (κ1) is 18.4. The smallest absolute Gasteiger partial charge is 0.387 e. The highest BCUT2D eigenvalue weighted by Gasteiger charge is 2.30. The van der Waals surface area contributed by atoms with Crippen molar-refractivity contribution in [2.75, 3.05) is 0 Å². The Morgan fingerprint density at radius 1 is 1.00 bits per heavy atom. The van der Waals surface area contributed by atoms with Gasteiger partial charge in [0.15, 0.2) is 0 Å². The van der Waals surface area contributed by atoms with Gasteiger partial charge in [0.2, 0.25) is 11.6 Å². The molecule has 0 aromatic heterocycles. The molecule has 2 fully saturated rings. The lowest BCUT2D eigenvalue weighted by Gasteiger charge is -2.12. The number of carbonyl (C=O) groups is 2. The van der Waals surface area contributed by atoms with Gasteiger partial charge in [-0.2, -0.15) is 8.78 Å². The number of rotatable bonds is 6. The summed E-state index contributed by atoms with van der Waals surface area (Å²) in [6.07, 6.45) is 3.84. The highest BCUT2D eigenvalue weighted by Crippen LogP contribution is 2.45. The molecule has 2 aliphatic carbocycles. The van der Waals surface area contributed by atoms with Crippen molar-refractivity contribution in [1.29, 1.82) is 0 Å². The van der Waals surface area contributed by atoms with Crippen LogP contribution in [0.2, 0.25) is 0 Å². The van der Waals surface area contributed by atoms with Crippen LogP contribution in [0, 0.1) is 17.8 Å². The molecule has 142 valence electrons. The highest BCUT2D eigenvalue weighted by atomic mass is 19.3. The maximum Gasteiger partial charge on any atom is 0.387 e. The van der Waals surface area contributed by atoms with Gasteiger partial charge >= 0.3 is 6.61 Å². The number of Topliss-reactive ketones (excluding diaryl/α,β-unsaturated/α-hetero) is 2. The van der Waals surface area contributed by atoms with Crippen molar-refractivity contribution < 1.29 is 23.1 Å². The van der Waals surface area contributed by atoms with Gasteiger partial charge in [0.1, 0.15) is 5.75 Å². The average molecular weight is 380 g/mol. The average Bonchev–Trinajstić information content (AvgIpc) is 3.59. The molecule has 0 unspecified atom stereocenters. The summed E-state index contributed by atoms with van der Waals surface area (Å²) in [5.41, 5.74) is 1.54. The van der Waals surface area contributed by atoms with Crippen molar-refractivity contribution in [3.63, 3.8) is 0 Å². The van der Waals surface area contributed by atoms with Crippen LogP contribution in [0.3, 0.4) is 0 Å². The predicted octanol–water partition coefficient (Wildman–Crippen LogP) is 4.99. The molecular weight excluding hydrogens is 362 g/mol. The molecule has 0 amide bonds. The van der Waals surface area contributed by atoms with E-state index in [1.807, 2.05) is 0 Å². The summed E-state index contributed by atoms with van der Waals surface area (Å²) in [5.74, 6) is 5.32. The molecule has 0 N–H and O–H groups in total. The van der Waals surface area contributed by atoms with Gasteiger partial charge in [-0.25, -0.2) is 0 Å². The highest BCUT2D eigenvalue weighted by molar-refractivity contribution is 6.49. The lowest BCUT2D eigenvalue weighted by molar-refractivity contribution is -0.0504. The van der Waals surface area contributed by atoms with Crippen molar-refractivity contribution in [2.45, 2.75) is 38.2 Å². The van der Waals surface area contributed by atoms with E-state index in [9.17, 15) is 18.4 Å². The van der Waals surface area contributed by atoms with Crippen molar-refractivity contribution in [1.82, 2.24) is 0 Å². The third-order valence-electron chi connectivity index (χ3n) is 4.87. The normalized spacial score (nSPS) is 15.7. The van der Waals surface area contributed by atoms with Crippen LogP contribution >= 0.6 is 0 Å². The maximum atomic E-state index is 12.8. The zero-order valence-corrected chi connectivity index (χ0v) is 15.1. The molecule has 2 aliphatic rings. The van der Waals surface area contributed by atoms with E-state index in [2.05, 4.69) is 16.6 Å². The van der Waals surface area contributed by atoms with Crippen molar-refractivity contribution >= 4 is 11.6 Å². The lowest BCUT2D eigenvalue weighted by atomic mass is 9.95. The Kier molecular flexibility index (Phi) is 4.95. The van der Waals surface area contributed by atoms with Crippen molar-refractivity contribution in [3.05, 3.63) is 64.7 Å². The Morgan fingerprint density at radius 2 is 1.75 bits per heavy atom. The first-order valence-electron chi connectivity index (χ1n) is 9.31. The molecule has 5 heteroatoms. The van der Waals surface area contributed by atoms with Gasteiger partial charge in [-0.1, -0.05) is 24.0 Å². The van der Waals surface area contributed by atoms with Gasteiger partial charge in [-0.3, -0.25) is 9.59 Å². The second-order valence-corrected chi connectivity index (χ2v) is 7.15. The van der Waals surface area contributed by atoms with Crippen LogP contribution in [0.15, 0.2) is 42.5 Å². The Bertz CT molecular complexity index is 992. The Labute approximate surface area is 161 Å². The molecule has 0 aliphatic heterocycles. The monoisotopic (exact) mass is 380 g/mol. The quantitative estimate of drug-likeness (QED) is 0.403. The van der Waals surface area contributed by atoms with E-state index in [1.165, 1.54) is 18.2 Å². The summed E-state index contributed by atoms with van der Waals surface area (Å²) in [6.45, 7) is -2.93. The van der Waals surface area contributed by atoms with E-state index in [0.29, 0.717) is 17.0 Å². The van der Waals surface area contributed by atoms with Crippen molar-refractivity contribution in [2.24, 2.45) is 5.92 Å². The molecule has 28 heavy (non-hydrogen) atoms. The molecule has 0 atom stereocenters. The summed E-state index contributed by atoms with van der Waals surface area (Å²) in [6, 6.07) is 11.0. The molecule has 0 radical (unpaired) electrons. The minimum Gasteiger partial charge on any atom is -0.435 e. The van der Waals surface area contributed by atoms with Crippen LogP contribution in [-0.4, -0.2) is 18.2 Å². The molecule has 2 aromatic rings. The number of ketones is 2. The summed E-state index contributed by atoms with van der Waals surface area (Å²) >= 11 is 0. The summed E-state index contributed by atoms with van der Waals surface area (Å²) < 4.78 is 29.8. The van der Waals surface area contributed by atoms with Crippen molar-refractivity contribution in [3.8, 4) is 17.6 Å². The number of carbonyl (C=O) groups excluding carboxylic acids is 2. The number of benzene rings is 2. The minimum absolute atomic E-state index is 0.0669. The zero-order valence-electron chi connectivity index (χ0n) is 15.1. The summed E-state index contributed by atoms with van der Waals surface area (Å²) in [7, 11) is 0. The fourth-order valence-electron chi connectivity index (χ4n) is 3.06. The number of hydrogen-bond donors (Lipinski definition) is 0. The van der Waals surface area contributed by atoms with Crippen LogP contribution in [0.4, 0.5) is 8.78 Å². The largest absolute Gasteiger partial charge is 0.435 e. The first-order valence-corrected chi connectivity index (χ1v) is 9.31. The second-order valence-electron chi connectivity index (χ2n) is 7.15. The fourth-order valence-corrected chi connectivity index (χ4v) is 3.06. The van der Waals surface area contributed by atoms with Gasteiger partial charge in [-0.15, -0.1) is 0 Å². The molecule has 3 nitrogen and oxygen atoms in total. The molecule has 0 saturated heterocycles. The van der Waals surface area contributed by atoms with E-state index in [4.69, 9.17) is 0 Å². The minimum atomic E-state index is -2.93. The van der Waals surface area contributed by atoms with Gasteiger partial charge in [0.25, 0.3) is 0 Å². The van der Waals surface area contributed by atoms with E-state index < -0.39 is 18.2 Å². The third kappa shape index (κ3) is 4.12. The van der Waals surface area contributed by atoms with E-state index in [0.717, 1.165) is 25.7 Å². The predicted molar refractivity (Wildman–Crippen MR) is 99.8 cm³/mol. The third-order valence-corrected chi connectivity index (χ3v) is 4.87. The van der Waals surface area contributed by atoms with E-state index in [-0.39, 0.29) is 22.8 Å². The van der Waals surface area contributed by atoms with E-state index >= 15 is 0 Å². The number of halogens is 2. The van der Waals surface area contributed by atoms with Gasteiger partial charge in [0, 0.05) is 22.6 Å². The van der Waals surface area contributed by atoms with Crippen LogP contribution in [0.25, 0.3) is 0 Å². The second kappa shape index (κ2) is 7.55. The topological polar surface area (TPSA) is 43.4 Å². The molecular formula is C23H18F2O3. The number of hydrogen-bond acceptors (Lipinski definition) is 3. The van der Waals surface area contributed by atoms with Crippen LogP contribution in [0.5, 0.6) is 5.75 Å². The van der Waals surface area contributed by atoms with Gasteiger partial charge < -0.3 is 4.74 Å². The first-order chi connectivity index (χ1) is 13.5. The van der Waals surface area contributed by atoms with Gasteiger partial charge in [0.05, 0.1) is 0 Å². The number of ether oxygens (including phenoxy) is 1. The number of alkyl halides is 2. The Hall–Kier alpha value is -3.00. The maximum absolute atomic E-state index is 12.8. The standard InChI is InChI=1S/C23H18F2O3/c24-23(25)28-20-12-11-17(13-19(20)16-9-10-16)21(26)22(27)18-4-2-1-3-15(18)8-7-14-5-6-14/h1-4,11-14,16,23H,5-6,9-10H2. The molecule has 0 spiro atoms. The zero-order chi connectivity index (χ0) is 19.7. The molecule has 0 heterocycles. The lowest BCUT2D eigenvalue weighted by Crippen LogP contribution is -2.16. The summed E-state index contributed by atoms with van der Waals surface area (Å²) in [4.78, 5) is 25.6. The van der Waals surface area contributed by atoms with Crippen LogP contribution in [-0.2, 0) is 0 Å². The molecule has 2 saturated carbocycles. The Morgan fingerprint density at radius 3 is 2.43 bits per heavy atom. The fraction of sp³-hybridized carbons (Fsp3) is 0.304. The molecule has 0 bridgehead atoms. The van der Waals surface area contributed by atoms with Gasteiger partial charge in [-0.05, 0) is 67.5 Å². The Balaban J connectivity index is 1.62.